The smallest absolute Gasteiger partial charge is 0.178 e. The fraction of sp³-hybridized carbons (Fsp3) is 0.500. The van der Waals surface area contributed by atoms with Crippen molar-refractivity contribution in [2.24, 2.45) is 0 Å². The number of benzene rings is 1. The van der Waals surface area contributed by atoms with E-state index in [-0.39, 0.29) is 5.75 Å². The van der Waals surface area contributed by atoms with Crippen molar-refractivity contribution < 1.29 is 5.11 Å². The minimum absolute atomic E-state index is 0.0959. The molecule has 0 aliphatic carbocycles. The van der Waals surface area contributed by atoms with Gasteiger partial charge < -0.3 is 0 Å². The van der Waals surface area contributed by atoms with Gasteiger partial charge in [0.1, 0.15) is 0 Å². The molecule has 83 valence electrons. The summed E-state index contributed by atoms with van der Waals surface area (Å²) in [6, 6.07) is 7.14. The number of alkyl halides is 2. The SMILES string of the molecule is [O]c1ccc(CCCCC(Br)CBr)cc1. The van der Waals surface area contributed by atoms with Gasteiger partial charge in [0.15, 0.2) is 5.75 Å². The van der Waals surface area contributed by atoms with Crippen molar-refractivity contribution in [2.45, 2.75) is 30.5 Å². The van der Waals surface area contributed by atoms with E-state index in [1.165, 1.54) is 24.8 Å². The molecular weight excluding hydrogens is 320 g/mol. The topological polar surface area (TPSA) is 19.9 Å². The Morgan fingerprint density at radius 1 is 1.13 bits per heavy atom. The van der Waals surface area contributed by atoms with Crippen LogP contribution in [0.1, 0.15) is 24.8 Å². The van der Waals surface area contributed by atoms with E-state index in [1.54, 1.807) is 12.1 Å². The van der Waals surface area contributed by atoms with Gasteiger partial charge in [-0.05, 0) is 37.0 Å². The average Bonchev–Trinajstić information content (AvgIpc) is 2.26. The summed E-state index contributed by atoms with van der Waals surface area (Å²) in [5.41, 5.74) is 1.26. The zero-order valence-corrected chi connectivity index (χ0v) is 11.8. The lowest BCUT2D eigenvalue weighted by Gasteiger charge is -2.05. The Bertz CT molecular complexity index is 271. The molecule has 0 heterocycles. The lowest BCUT2D eigenvalue weighted by atomic mass is 10.1. The molecular formula is C12H15Br2O. The number of halogens is 2. The number of unbranched alkanes of at least 4 members (excludes halogenated alkanes) is 1. The van der Waals surface area contributed by atoms with Crippen LogP contribution in [-0.2, 0) is 11.5 Å². The van der Waals surface area contributed by atoms with Crippen LogP contribution in [-0.4, -0.2) is 10.2 Å². The molecule has 1 unspecified atom stereocenters. The zero-order chi connectivity index (χ0) is 11.1. The standard InChI is InChI=1S/C12H15Br2O/c13-9-11(14)4-2-1-3-10-5-7-12(15)8-6-10/h5-8,11H,1-4,9H2. The lowest BCUT2D eigenvalue weighted by Crippen LogP contribution is -1.98. The number of rotatable bonds is 6. The Labute approximate surface area is 108 Å². The van der Waals surface area contributed by atoms with Crippen molar-refractivity contribution in [2.75, 3.05) is 5.33 Å². The minimum atomic E-state index is 0.0959. The third kappa shape index (κ3) is 5.57. The molecule has 1 aromatic rings. The zero-order valence-electron chi connectivity index (χ0n) is 8.59. The van der Waals surface area contributed by atoms with Gasteiger partial charge >= 0.3 is 0 Å². The summed E-state index contributed by atoms with van der Waals surface area (Å²) in [6.45, 7) is 0. The third-order valence-electron chi connectivity index (χ3n) is 2.32. The minimum Gasteiger partial charge on any atom is -0.290 e. The highest BCUT2D eigenvalue weighted by Crippen LogP contribution is 2.16. The maximum atomic E-state index is 10.9. The maximum Gasteiger partial charge on any atom is 0.178 e. The predicted molar refractivity (Wildman–Crippen MR) is 70.6 cm³/mol. The highest BCUT2D eigenvalue weighted by Gasteiger charge is 2.01. The molecule has 0 N–H and O–H groups in total. The summed E-state index contributed by atoms with van der Waals surface area (Å²) in [6.07, 6.45) is 4.68. The van der Waals surface area contributed by atoms with Gasteiger partial charge in [0.05, 0.1) is 0 Å². The van der Waals surface area contributed by atoms with Crippen LogP contribution in [0.25, 0.3) is 0 Å². The molecule has 0 amide bonds. The van der Waals surface area contributed by atoms with Crippen LogP contribution in [0.4, 0.5) is 0 Å². The average molecular weight is 335 g/mol. The van der Waals surface area contributed by atoms with Gasteiger partial charge in [0.25, 0.3) is 0 Å². The van der Waals surface area contributed by atoms with Gasteiger partial charge in [-0.1, -0.05) is 50.4 Å². The Morgan fingerprint density at radius 3 is 2.40 bits per heavy atom. The number of hydrogen-bond acceptors (Lipinski definition) is 0. The van der Waals surface area contributed by atoms with E-state index in [4.69, 9.17) is 0 Å². The Balaban J connectivity index is 2.17. The first-order valence-corrected chi connectivity index (χ1v) is 7.22. The molecule has 3 heteroatoms. The second-order valence-corrected chi connectivity index (χ2v) is 5.58. The quantitative estimate of drug-likeness (QED) is 0.530. The number of aryl methyl sites for hydroxylation is 1. The Kier molecular flexibility index (Phi) is 6.34. The van der Waals surface area contributed by atoms with E-state index in [9.17, 15) is 5.11 Å². The Hall–Kier alpha value is -0.0200. The van der Waals surface area contributed by atoms with E-state index in [1.807, 2.05) is 12.1 Å². The molecule has 15 heavy (non-hydrogen) atoms. The first kappa shape index (κ1) is 13.0. The van der Waals surface area contributed by atoms with E-state index >= 15 is 0 Å². The highest BCUT2D eigenvalue weighted by atomic mass is 79.9. The van der Waals surface area contributed by atoms with E-state index in [0.717, 1.165) is 11.8 Å². The van der Waals surface area contributed by atoms with E-state index in [0.29, 0.717) is 4.83 Å². The van der Waals surface area contributed by atoms with Crippen molar-refractivity contribution >= 4 is 31.9 Å². The highest BCUT2D eigenvalue weighted by molar-refractivity contribution is 9.12. The van der Waals surface area contributed by atoms with Crippen LogP contribution >= 0.6 is 31.9 Å². The van der Waals surface area contributed by atoms with Crippen LogP contribution < -0.4 is 0 Å². The van der Waals surface area contributed by atoms with Gasteiger partial charge in [0.2, 0.25) is 0 Å². The largest absolute Gasteiger partial charge is 0.290 e. The van der Waals surface area contributed by atoms with Gasteiger partial charge in [-0.3, -0.25) is 5.11 Å². The normalized spacial score (nSPS) is 12.7. The van der Waals surface area contributed by atoms with Crippen LogP contribution in [0.15, 0.2) is 24.3 Å². The van der Waals surface area contributed by atoms with E-state index < -0.39 is 0 Å². The van der Waals surface area contributed by atoms with Crippen molar-refractivity contribution in [1.82, 2.24) is 0 Å². The van der Waals surface area contributed by atoms with Crippen LogP contribution in [0.5, 0.6) is 5.75 Å². The summed E-state index contributed by atoms with van der Waals surface area (Å²) < 4.78 is 0. The molecule has 0 spiro atoms. The first-order valence-electron chi connectivity index (χ1n) is 5.18. The van der Waals surface area contributed by atoms with Crippen molar-refractivity contribution in [3.63, 3.8) is 0 Å². The molecule has 1 radical (unpaired) electrons. The molecule has 0 bridgehead atoms. The van der Waals surface area contributed by atoms with Crippen molar-refractivity contribution in [1.29, 1.82) is 0 Å². The fourth-order valence-electron chi connectivity index (χ4n) is 1.43. The number of hydrogen-bond donors (Lipinski definition) is 0. The second kappa shape index (κ2) is 7.29. The van der Waals surface area contributed by atoms with Crippen LogP contribution in [0.2, 0.25) is 0 Å². The molecule has 0 aliphatic heterocycles. The maximum absolute atomic E-state index is 10.9. The van der Waals surface area contributed by atoms with Crippen molar-refractivity contribution in [3.8, 4) is 5.75 Å². The van der Waals surface area contributed by atoms with Gasteiger partial charge in [-0.2, -0.15) is 0 Å². The molecule has 0 saturated heterocycles. The third-order valence-corrected chi connectivity index (χ3v) is 4.76. The molecule has 1 rings (SSSR count). The summed E-state index contributed by atoms with van der Waals surface area (Å²) in [4.78, 5) is 0.585. The molecule has 0 aromatic heterocycles. The monoisotopic (exact) mass is 333 g/mol. The van der Waals surface area contributed by atoms with Gasteiger partial charge in [0, 0.05) is 10.2 Å². The summed E-state index contributed by atoms with van der Waals surface area (Å²) >= 11 is 7.02. The molecule has 1 aromatic carbocycles. The van der Waals surface area contributed by atoms with Crippen LogP contribution in [0, 0.1) is 0 Å². The second-order valence-electron chi connectivity index (χ2n) is 3.64. The van der Waals surface area contributed by atoms with Crippen molar-refractivity contribution in [3.05, 3.63) is 29.8 Å². The predicted octanol–water partition coefficient (Wildman–Crippen LogP) is 4.70. The Morgan fingerprint density at radius 2 is 1.80 bits per heavy atom. The fourth-order valence-corrected chi connectivity index (χ4v) is 2.08. The lowest BCUT2D eigenvalue weighted by molar-refractivity contribution is 0.355. The molecule has 0 fully saturated rings. The summed E-state index contributed by atoms with van der Waals surface area (Å²) in [7, 11) is 0. The van der Waals surface area contributed by atoms with Crippen LogP contribution in [0.3, 0.4) is 0 Å². The summed E-state index contributed by atoms with van der Waals surface area (Å²) in [5, 5.41) is 11.9. The molecule has 0 aliphatic rings. The molecule has 0 saturated carbocycles. The van der Waals surface area contributed by atoms with Gasteiger partial charge in [-0.15, -0.1) is 0 Å². The molecule has 1 atom stereocenters. The first-order chi connectivity index (χ1) is 7.22. The van der Waals surface area contributed by atoms with Gasteiger partial charge in [-0.25, -0.2) is 0 Å². The van der Waals surface area contributed by atoms with E-state index in [2.05, 4.69) is 31.9 Å². The molecule has 1 nitrogen and oxygen atoms in total. The summed E-state index contributed by atoms with van der Waals surface area (Å²) in [5.74, 6) is 0.0959.